The zero-order valence-corrected chi connectivity index (χ0v) is 16.5. The molecular weight excluding hydrogens is 418 g/mol. The fraction of sp³-hybridized carbons (Fsp3) is 0.105. The Kier molecular flexibility index (Phi) is 7.64. The van der Waals surface area contributed by atoms with Crippen LogP contribution in [0.25, 0.3) is 11.4 Å². The largest absolute Gasteiger partial charge is 0.478 e. The molecule has 11 heteroatoms. The SMILES string of the molecule is CNS(=O)(=O)c1cccc(CN)c1.O=C(O)c1cnc(-c2cc(F)cc(F)c2)nc1. The normalized spacial score (nSPS) is 10.8. The van der Waals surface area contributed by atoms with Gasteiger partial charge in [-0.15, -0.1) is 0 Å². The second-order valence-electron chi connectivity index (χ2n) is 5.82. The van der Waals surface area contributed by atoms with Crippen LogP contribution in [0.15, 0.2) is 59.8 Å². The zero-order valence-electron chi connectivity index (χ0n) is 15.7. The van der Waals surface area contributed by atoms with E-state index in [2.05, 4.69) is 14.7 Å². The third-order valence-electron chi connectivity index (χ3n) is 3.73. The molecule has 158 valence electrons. The number of carbonyl (C=O) groups is 1. The Balaban J connectivity index is 0.000000222. The molecule has 0 unspecified atom stereocenters. The van der Waals surface area contributed by atoms with E-state index in [0.717, 1.165) is 36.2 Å². The Morgan fingerprint density at radius 2 is 1.70 bits per heavy atom. The molecule has 2 aromatic carbocycles. The van der Waals surface area contributed by atoms with E-state index in [9.17, 15) is 22.0 Å². The van der Waals surface area contributed by atoms with Gasteiger partial charge < -0.3 is 10.8 Å². The van der Waals surface area contributed by atoms with Crippen molar-refractivity contribution in [1.82, 2.24) is 14.7 Å². The van der Waals surface area contributed by atoms with Gasteiger partial charge in [-0.05, 0) is 36.9 Å². The summed E-state index contributed by atoms with van der Waals surface area (Å²) in [5, 5.41) is 8.63. The number of halogens is 2. The Morgan fingerprint density at radius 1 is 1.10 bits per heavy atom. The molecule has 0 atom stereocenters. The van der Waals surface area contributed by atoms with E-state index >= 15 is 0 Å². The predicted molar refractivity (Wildman–Crippen MR) is 105 cm³/mol. The summed E-state index contributed by atoms with van der Waals surface area (Å²) in [5.41, 5.74) is 6.25. The highest BCUT2D eigenvalue weighted by molar-refractivity contribution is 7.89. The van der Waals surface area contributed by atoms with Crippen LogP contribution in [0.2, 0.25) is 0 Å². The number of sulfonamides is 1. The molecule has 0 fully saturated rings. The van der Waals surface area contributed by atoms with Crippen LogP contribution in [0.5, 0.6) is 0 Å². The highest BCUT2D eigenvalue weighted by Gasteiger charge is 2.10. The van der Waals surface area contributed by atoms with Gasteiger partial charge in [-0.1, -0.05) is 12.1 Å². The number of nitrogens with zero attached hydrogens (tertiary/aromatic N) is 2. The van der Waals surface area contributed by atoms with E-state index in [1.54, 1.807) is 18.2 Å². The fourth-order valence-electron chi connectivity index (χ4n) is 2.23. The molecule has 0 aliphatic rings. The molecule has 0 radical (unpaired) electrons. The highest BCUT2D eigenvalue weighted by atomic mass is 32.2. The molecular formula is C19H18F2N4O4S. The van der Waals surface area contributed by atoms with E-state index in [0.29, 0.717) is 6.54 Å². The summed E-state index contributed by atoms with van der Waals surface area (Å²) >= 11 is 0. The van der Waals surface area contributed by atoms with Crippen LogP contribution in [0.3, 0.4) is 0 Å². The number of aromatic nitrogens is 2. The zero-order chi connectivity index (χ0) is 22.3. The molecule has 3 aromatic rings. The first-order valence-corrected chi connectivity index (χ1v) is 9.89. The van der Waals surface area contributed by atoms with Crippen LogP contribution in [0, 0.1) is 11.6 Å². The van der Waals surface area contributed by atoms with Crippen LogP contribution in [0.4, 0.5) is 8.78 Å². The molecule has 3 rings (SSSR count). The molecule has 1 aromatic heterocycles. The summed E-state index contributed by atoms with van der Waals surface area (Å²) in [6.07, 6.45) is 2.15. The van der Waals surface area contributed by atoms with Crippen LogP contribution in [-0.4, -0.2) is 36.5 Å². The monoisotopic (exact) mass is 436 g/mol. The number of carboxylic acids is 1. The number of aromatic carboxylic acids is 1. The fourth-order valence-corrected chi connectivity index (χ4v) is 3.03. The average Bonchev–Trinajstić information content (AvgIpc) is 2.73. The van der Waals surface area contributed by atoms with Gasteiger partial charge >= 0.3 is 5.97 Å². The third-order valence-corrected chi connectivity index (χ3v) is 5.14. The van der Waals surface area contributed by atoms with Crippen LogP contribution < -0.4 is 10.5 Å². The lowest BCUT2D eigenvalue weighted by molar-refractivity contribution is 0.0696. The minimum absolute atomic E-state index is 0.0633. The van der Waals surface area contributed by atoms with Crippen molar-refractivity contribution in [2.75, 3.05) is 7.05 Å². The summed E-state index contributed by atoms with van der Waals surface area (Å²) in [4.78, 5) is 18.3. The molecule has 0 aliphatic carbocycles. The van der Waals surface area contributed by atoms with Gasteiger partial charge in [0.15, 0.2) is 5.82 Å². The van der Waals surface area contributed by atoms with Gasteiger partial charge in [0.2, 0.25) is 10.0 Å². The first kappa shape index (κ1) is 23.0. The molecule has 0 bridgehead atoms. The number of rotatable bonds is 5. The Bertz CT molecular complexity index is 1120. The molecule has 1 heterocycles. The van der Waals surface area contributed by atoms with Crippen LogP contribution in [0.1, 0.15) is 15.9 Å². The second kappa shape index (κ2) is 9.96. The first-order chi connectivity index (χ1) is 14.2. The van der Waals surface area contributed by atoms with E-state index in [1.165, 1.54) is 13.1 Å². The van der Waals surface area contributed by atoms with E-state index in [-0.39, 0.29) is 21.8 Å². The molecule has 0 amide bonds. The number of carboxylic acid groups (broad SMARTS) is 1. The lowest BCUT2D eigenvalue weighted by Gasteiger charge is -2.03. The van der Waals surface area contributed by atoms with E-state index < -0.39 is 27.6 Å². The van der Waals surface area contributed by atoms with Crippen molar-refractivity contribution >= 4 is 16.0 Å². The molecule has 0 aliphatic heterocycles. The molecule has 0 spiro atoms. The van der Waals surface area contributed by atoms with Gasteiger partial charge in [-0.2, -0.15) is 0 Å². The maximum absolute atomic E-state index is 12.9. The third kappa shape index (κ3) is 6.11. The smallest absolute Gasteiger partial charge is 0.338 e. The van der Waals surface area contributed by atoms with Gasteiger partial charge in [0.25, 0.3) is 0 Å². The molecule has 30 heavy (non-hydrogen) atoms. The summed E-state index contributed by atoms with van der Waals surface area (Å²) in [6.45, 7) is 0.340. The van der Waals surface area contributed by atoms with Crippen molar-refractivity contribution in [3.8, 4) is 11.4 Å². The molecule has 0 saturated heterocycles. The summed E-state index contributed by atoms with van der Waals surface area (Å²) in [5.74, 6) is -2.59. The quantitative estimate of drug-likeness (QED) is 0.558. The van der Waals surface area contributed by atoms with Gasteiger partial charge in [0.05, 0.1) is 10.5 Å². The van der Waals surface area contributed by atoms with Crippen LogP contribution >= 0.6 is 0 Å². The lowest BCUT2D eigenvalue weighted by atomic mass is 10.2. The standard InChI is InChI=1S/C11H6F2N2O2.C8H12N2O2S/c12-8-1-6(2-9(13)3-8)10-14-4-7(5-15-10)11(16)17;1-10-13(11,12)8-4-2-3-7(5-8)6-9/h1-5H,(H,16,17);2-5,10H,6,9H2,1H3. The minimum atomic E-state index is -3.34. The van der Waals surface area contributed by atoms with E-state index in [4.69, 9.17) is 10.8 Å². The first-order valence-electron chi connectivity index (χ1n) is 8.40. The number of hydrogen-bond donors (Lipinski definition) is 3. The number of nitrogens with two attached hydrogens (primary N) is 1. The van der Waals surface area contributed by atoms with Crippen molar-refractivity contribution in [3.05, 3.63) is 77.6 Å². The van der Waals surface area contributed by atoms with Gasteiger partial charge in [0, 0.05) is 30.6 Å². The topological polar surface area (TPSA) is 135 Å². The maximum Gasteiger partial charge on any atom is 0.338 e. The lowest BCUT2D eigenvalue weighted by Crippen LogP contribution is -2.18. The number of benzene rings is 2. The van der Waals surface area contributed by atoms with Crippen molar-refractivity contribution in [1.29, 1.82) is 0 Å². The Labute approximate surface area is 171 Å². The van der Waals surface area contributed by atoms with Crippen molar-refractivity contribution in [2.45, 2.75) is 11.4 Å². The van der Waals surface area contributed by atoms with Crippen molar-refractivity contribution < 1.29 is 27.1 Å². The second-order valence-corrected chi connectivity index (χ2v) is 7.70. The number of hydrogen-bond acceptors (Lipinski definition) is 6. The van der Waals surface area contributed by atoms with Crippen molar-refractivity contribution in [2.24, 2.45) is 5.73 Å². The average molecular weight is 436 g/mol. The van der Waals surface area contributed by atoms with Crippen LogP contribution in [-0.2, 0) is 16.6 Å². The van der Waals surface area contributed by atoms with Gasteiger partial charge in [0.1, 0.15) is 11.6 Å². The molecule has 4 N–H and O–H groups in total. The summed E-state index contributed by atoms with van der Waals surface area (Å²) in [6, 6.07) is 9.42. The van der Waals surface area contributed by atoms with E-state index in [1.807, 2.05) is 0 Å². The number of nitrogens with one attached hydrogen (secondary N) is 1. The van der Waals surface area contributed by atoms with Gasteiger partial charge in [-0.25, -0.2) is 36.7 Å². The van der Waals surface area contributed by atoms with Gasteiger partial charge in [-0.3, -0.25) is 0 Å². The van der Waals surface area contributed by atoms with Crippen molar-refractivity contribution in [3.63, 3.8) is 0 Å². The molecule has 8 nitrogen and oxygen atoms in total. The summed E-state index contributed by atoms with van der Waals surface area (Å²) < 4.78 is 50.7. The Morgan fingerprint density at radius 3 is 2.20 bits per heavy atom. The Hall–Kier alpha value is -3.28. The highest BCUT2D eigenvalue weighted by Crippen LogP contribution is 2.17. The molecule has 0 saturated carbocycles. The maximum atomic E-state index is 12.9. The predicted octanol–water partition coefficient (Wildman–Crippen LogP) is 2.17. The minimum Gasteiger partial charge on any atom is -0.478 e. The summed E-state index contributed by atoms with van der Waals surface area (Å²) in [7, 11) is -1.96.